The maximum absolute atomic E-state index is 6.10. The van der Waals surface area contributed by atoms with Gasteiger partial charge in [0, 0.05) is 16.1 Å². The summed E-state index contributed by atoms with van der Waals surface area (Å²) in [6.45, 7) is 4.12. The van der Waals surface area contributed by atoms with Crippen molar-refractivity contribution in [1.82, 2.24) is 4.98 Å². The van der Waals surface area contributed by atoms with Crippen LogP contribution in [-0.2, 0) is 0 Å². The van der Waals surface area contributed by atoms with Crippen molar-refractivity contribution in [1.29, 1.82) is 0 Å². The quantitative estimate of drug-likeness (QED) is 0.585. The van der Waals surface area contributed by atoms with E-state index >= 15 is 0 Å². The molecule has 22 heavy (non-hydrogen) atoms. The lowest BCUT2D eigenvalue weighted by Gasteiger charge is -2.03. The highest BCUT2D eigenvalue weighted by atomic mass is 35.5. The van der Waals surface area contributed by atoms with Gasteiger partial charge in [-0.25, -0.2) is 4.98 Å². The first kappa shape index (κ1) is 15.3. The molecular formula is C17H14Cl2N2S. The summed E-state index contributed by atoms with van der Waals surface area (Å²) in [5, 5.41) is 5.31. The van der Waals surface area contributed by atoms with Crippen molar-refractivity contribution in [3.8, 4) is 11.3 Å². The minimum atomic E-state index is 0.541. The molecule has 0 atom stereocenters. The number of anilines is 2. The maximum atomic E-state index is 6.10. The van der Waals surface area contributed by atoms with E-state index in [0.717, 1.165) is 27.0 Å². The molecule has 0 unspecified atom stereocenters. The van der Waals surface area contributed by atoms with Crippen molar-refractivity contribution in [2.75, 3.05) is 5.32 Å². The van der Waals surface area contributed by atoms with Gasteiger partial charge in [0.05, 0.1) is 15.7 Å². The highest BCUT2D eigenvalue weighted by molar-refractivity contribution is 7.16. The molecule has 2 aromatic carbocycles. The van der Waals surface area contributed by atoms with E-state index in [0.29, 0.717) is 10.0 Å². The van der Waals surface area contributed by atoms with Crippen molar-refractivity contribution in [2.45, 2.75) is 13.8 Å². The molecule has 0 bridgehead atoms. The smallest absolute Gasteiger partial charge is 0.187 e. The number of halogens is 2. The van der Waals surface area contributed by atoms with E-state index in [-0.39, 0.29) is 0 Å². The van der Waals surface area contributed by atoms with E-state index in [1.165, 1.54) is 5.56 Å². The Morgan fingerprint density at radius 3 is 2.55 bits per heavy atom. The van der Waals surface area contributed by atoms with Gasteiger partial charge < -0.3 is 5.32 Å². The Balaban J connectivity index is 1.92. The first-order valence-corrected chi connectivity index (χ1v) is 8.37. The summed E-state index contributed by atoms with van der Waals surface area (Å²) in [6, 6.07) is 13.8. The van der Waals surface area contributed by atoms with Gasteiger partial charge in [0.15, 0.2) is 5.13 Å². The number of hydrogen-bond donors (Lipinski definition) is 1. The van der Waals surface area contributed by atoms with Crippen molar-refractivity contribution in [2.24, 2.45) is 0 Å². The summed E-state index contributed by atoms with van der Waals surface area (Å²) in [5.74, 6) is 0. The van der Waals surface area contributed by atoms with Crippen LogP contribution in [0, 0.1) is 13.8 Å². The van der Waals surface area contributed by atoms with Gasteiger partial charge in [0.1, 0.15) is 0 Å². The van der Waals surface area contributed by atoms with Crippen molar-refractivity contribution in [3.63, 3.8) is 0 Å². The molecule has 0 saturated carbocycles. The van der Waals surface area contributed by atoms with E-state index in [2.05, 4.69) is 36.3 Å². The number of nitrogens with zero attached hydrogens (tertiary/aromatic N) is 1. The van der Waals surface area contributed by atoms with Crippen LogP contribution in [-0.4, -0.2) is 4.98 Å². The summed E-state index contributed by atoms with van der Waals surface area (Å²) >= 11 is 13.7. The van der Waals surface area contributed by atoms with Crippen LogP contribution in [0.4, 0.5) is 10.8 Å². The highest BCUT2D eigenvalue weighted by Gasteiger charge is 2.11. The molecule has 0 fully saturated rings. The molecule has 0 amide bonds. The number of hydrogen-bond acceptors (Lipinski definition) is 3. The number of thiazole rings is 1. The third-order valence-corrected chi connectivity index (χ3v) is 4.88. The number of nitrogens with one attached hydrogen (secondary N) is 1. The van der Waals surface area contributed by atoms with Crippen LogP contribution in [0.15, 0.2) is 42.5 Å². The highest BCUT2D eigenvalue weighted by Crippen LogP contribution is 2.34. The molecule has 5 heteroatoms. The van der Waals surface area contributed by atoms with Crippen molar-refractivity contribution < 1.29 is 0 Å². The number of aromatic nitrogens is 1. The molecule has 0 aliphatic heterocycles. The van der Waals surface area contributed by atoms with Crippen molar-refractivity contribution in [3.05, 3.63) is 63.0 Å². The van der Waals surface area contributed by atoms with Gasteiger partial charge in [-0.15, -0.1) is 11.3 Å². The lowest BCUT2D eigenvalue weighted by molar-refractivity contribution is 1.35. The minimum absolute atomic E-state index is 0.541. The van der Waals surface area contributed by atoms with E-state index in [9.17, 15) is 0 Å². The molecule has 0 spiro atoms. The Labute approximate surface area is 143 Å². The Morgan fingerprint density at radius 1 is 1.00 bits per heavy atom. The fourth-order valence-corrected chi connectivity index (χ4v) is 3.36. The van der Waals surface area contributed by atoms with Gasteiger partial charge >= 0.3 is 0 Å². The van der Waals surface area contributed by atoms with Gasteiger partial charge in [-0.3, -0.25) is 0 Å². The van der Waals surface area contributed by atoms with E-state index in [1.807, 2.05) is 24.3 Å². The van der Waals surface area contributed by atoms with Crippen molar-refractivity contribution >= 4 is 45.4 Å². The maximum Gasteiger partial charge on any atom is 0.187 e. The van der Waals surface area contributed by atoms with Gasteiger partial charge in [-0.05, 0) is 43.7 Å². The zero-order valence-corrected chi connectivity index (χ0v) is 14.5. The van der Waals surface area contributed by atoms with Crippen LogP contribution in [0.5, 0.6) is 0 Å². The van der Waals surface area contributed by atoms with Gasteiger partial charge in [-0.1, -0.05) is 41.4 Å². The molecule has 2 nitrogen and oxygen atoms in total. The topological polar surface area (TPSA) is 24.9 Å². The Hall–Kier alpha value is -1.55. The van der Waals surface area contributed by atoms with Gasteiger partial charge in [0.2, 0.25) is 0 Å². The third-order valence-electron chi connectivity index (χ3n) is 3.26. The Morgan fingerprint density at radius 2 is 1.82 bits per heavy atom. The van der Waals surface area contributed by atoms with Crippen LogP contribution in [0.2, 0.25) is 10.0 Å². The van der Waals surface area contributed by atoms with Crippen LogP contribution >= 0.6 is 34.5 Å². The van der Waals surface area contributed by atoms with Crippen LogP contribution < -0.4 is 5.32 Å². The predicted octanol–water partition coefficient (Wildman–Crippen LogP) is 6.48. The standard InChI is InChI=1S/C17H14Cl2N2S/c1-10-4-3-5-13(8-10)20-17-21-16(11(2)22-17)12-6-7-14(18)15(19)9-12/h3-9H,1-2H3,(H,20,21). The minimum Gasteiger partial charge on any atom is -0.332 e. The first-order chi connectivity index (χ1) is 10.5. The summed E-state index contributed by atoms with van der Waals surface area (Å²) in [5.41, 5.74) is 4.15. The van der Waals surface area contributed by atoms with Gasteiger partial charge in [0.25, 0.3) is 0 Å². The average molecular weight is 349 g/mol. The van der Waals surface area contributed by atoms with E-state index in [1.54, 1.807) is 17.4 Å². The SMILES string of the molecule is Cc1cccc(Nc2nc(-c3ccc(Cl)c(Cl)c3)c(C)s2)c1. The monoisotopic (exact) mass is 348 g/mol. The molecular weight excluding hydrogens is 335 g/mol. The molecule has 0 radical (unpaired) electrons. The summed E-state index contributed by atoms with van der Waals surface area (Å²) < 4.78 is 0. The fourth-order valence-electron chi connectivity index (χ4n) is 2.21. The molecule has 3 aromatic rings. The molecule has 1 N–H and O–H groups in total. The number of rotatable bonds is 3. The summed E-state index contributed by atoms with van der Waals surface area (Å²) in [6.07, 6.45) is 0. The van der Waals surface area contributed by atoms with E-state index in [4.69, 9.17) is 23.2 Å². The molecule has 0 saturated heterocycles. The van der Waals surface area contributed by atoms with Crippen LogP contribution in [0.25, 0.3) is 11.3 Å². The molecule has 3 rings (SSSR count). The molecule has 1 heterocycles. The van der Waals surface area contributed by atoms with E-state index < -0.39 is 0 Å². The Kier molecular flexibility index (Phi) is 4.39. The lowest BCUT2D eigenvalue weighted by atomic mass is 10.1. The number of benzene rings is 2. The first-order valence-electron chi connectivity index (χ1n) is 6.79. The van der Waals surface area contributed by atoms with Crippen LogP contribution in [0.3, 0.4) is 0 Å². The predicted molar refractivity (Wildman–Crippen MR) is 96.8 cm³/mol. The lowest BCUT2D eigenvalue weighted by Crippen LogP contribution is -1.90. The molecule has 0 aliphatic carbocycles. The molecule has 1 aromatic heterocycles. The zero-order valence-electron chi connectivity index (χ0n) is 12.2. The average Bonchev–Trinajstić information content (AvgIpc) is 2.82. The fraction of sp³-hybridized carbons (Fsp3) is 0.118. The molecule has 0 aliphatic rings. The summed E-state index contributed by atoms with van der Waals surface area (Å²) in [7, 11) is 0. The zero-order chi connectivity index (χ0) is 15.7. The van der Waals surface area contributed by atoms with Gasteiger partial charge in [-0.2, -0.15) is 0 Å². The normalized spacial score (nSPS) is 10.7. The second-order valence-electron chi connectivity index (χ2n) is 5.05. The molecule has 112 valence electrons. The largest absolute Gasteiger partial charge is 0.332 e. The van der Waals surface area contributed by atoms with Crippen LogP contribution in [0.1, 0.15) is 10.4 Å². The summed E-state index contributed by atoms with van der Waals surface area (Å²) in [4.78, 5) is 5.81. The third kappa shape index (κ3) is 3.27. The second-order valence-corrected chi connectivity index (χ2v) is 7.06. The Bertz CT molecular complexity index is 827. The second kappa shape index (κ2) is 6.29. The number of aryl methyl sites for hydroxylation is 2.